The first-order chi connectivity index (χ1) is 13.7. The fraction of sp³-hybridized carbons (Fsp3) is 0.208. The Labute approximate surface area is 166 Å². The van der Waals surface area contributed by atoms with Crippen LogP contribution in [-0.4, -0.2) is 26.9 Å². The number of nitrogens with zero attached hydrogens (tertiary/aromatic N) is 3. The Bertz CT molecular complexity index is 947. The van der Waals surface area contributed by atoms with Crippen molar-refractivity contribution in [3.8, 4) is 5.75 Å². The maximum atomic E-state index is 5.29. The summed E-state index contributed by atoms with van der Waals surface area (Å²) in [6.07, 6.45) is 0.864. The van der Waals surface area contributed by atoms with Crippen LogP contribution < -0.4 is 14.6 Å². The molecule has 1 aliphatic heterocycles. The number of ether oxygens (including phenoxy) is 1. The van der Waals surface area contributed by atoms with E-state index in [2.05, 4.69) is 84.7 Å². The number of anilines is 2. The van der Waals surface area contributed by atoms with E-state index in [0.29, 0.717) is 0 Å². The van der Waals surface area contributed by atoms with Crippen molar-refractivity contribution in [1.29, 1.82) is 0 Å². The molecule has 1 aliphatic rings. The summed E-state index contributed by atoms with van der Waals surface area (Å²) in [5.74, 6) is 0.859. The van der Waals surface area contributed by atoms with Gasteiger partial charge in [0, 0.05) is 26.2 Å². The van der Waals surface area contributed by atoms with Crippen molar-refractivity contribution in [3.05, 3.63) is 90.0 Å². The van der Waals surface area contributed by atoms with Gasteiger partial charge in [-0.25, -0.2) is 0 Å². The van der Waals surface area contributed by atoms with Crippen molar-refractivity contribution in [2.45, 2.75) is 12.5 Å². The standard InChI is InChI=1S/C24H25N3O/c1-26(2)20-13-9-19(10-14-20)24-17-23(18-11-15-22(28-3)16-12-18)25-27(24)21-7-5-4-6-8-21/h4-16,24H,17H2,1-3H3/t24-/m1/s1. The molecule has 1 heterocycles. The highest BCUT2D eigenvalue weighted by atomic mass is 16.5. The second-order valence-electron chi connectivity index (χ2n) is 7.16. The minimum absolute atomic E-state index is 0.177. The first-order valence-corrected chi connectivity index (χ1v) is 9.49. The van der Waals surface area contributed by atoms with Crippen molar-refractivity contribution in [1.82, 2.24) is 0 Å². The Morgan fingerprint density at radius 2 is 1.57 bits per heavy atom. The molecule has 0 N–H and O–H groups in total. The molecule has 0 saturated carbocycles. The summed E-state index contributed by atoms with van der Waals surface area (Å²) >= 11 is 0. The zero-order valence-corrected chi connectivity index (χ0v) is 16.5. The fourth-order valence-corrected chi connectivity index (χ4v) is 3.54. The van der Waals surface area contributed by atoms with Gasteiger partial charge in [-0.2, -0.15) is 5.10 Å². The minimum Gasteiger partial charge on any atom is -0.497 e. The van der Waals surface area contributed by atoms with Crippen LogP contribution in [0.3, 0.4) is 0 Å². The molecule has 0 radical (unpaired) electrons. The molecule has 0 spiro atoms. The smallest absolute Gasteiger partial charge is 0.118 e. The number of hydrazone groups is 1. The topological polar surface area (TPSA) is 28.1 Å². The molecule has 1 atom stereocenters. The largest absolute Gasteiger partial charge is 0.497 e. The molecular weight excluding hydrogens is 346 g/mol. The van der Waals surface area contributed by atoms with Gasteiger partial charge in [0.15, 0.2) is 0 Å². The summed E-state index contributed by atoms with van der Waals surface area (Å²) in [5.41, 5.74) is 5.79. The van der Waals surface area contributed by atoms with E-state index in [0.717, 1.165) is 29.1 Å². The van der Waals surface area contributed by atoms with Crippen LogP contribution >= 0.6 is 0 Å². The first kappa shape index (κ1) is 18.1. The van der Waals surface area contributed by atoms with Gasteiger partial charge in [-0.1, -0.05) is 30.3 Å². The van der Waals surface area contributed by atoms with Gasteiger partial charge in [-0.3, -0.25) is 5.01 Å². The van der Waals surface area contributed by atoms with Crippen LogP contribution in [0.15, 0.2) is 84.0 Å². The number of hydrogen-bond donors (Lipinski definition) is 0. The average Bonchev–Trinajstić information content (AvgIpc) is 3.20. The van der Waals surface area contributed by atoms with Crippen molar-refractivity contribution in [2.24, 2.45) is 5.10 Å². The van der Waals surface area contributed by atoms with Crippen molar-refractivity contribution in [3.63, 3.8) is 0 Å². The summed E-state index contributed by atoms with van der Waals surface area (Å²) in [6, 6.07) is 27.5. The molecule has 28 heavy (non-hydrogen) atoms. The number of hydrogen-bond acceptors (Lipinski definition) is 4. The van der Waals surface area contributed by atoms with Crippen LogP contribution in [0, 0.1) is 0 Å². The van der Waals surface area contributed by atoms with Gasteiger partial charge in [-0.15, -0.1) is 0 Å². The van der Waals surface area contributed by atoms with Crippen molar-refractivity contribution in [2.75, 3.05) is 31.1 Å². The lowest BCUT2D eigenvalue weighted by Gasteiger charge is -2.24. The Balaban J connectivity index is 1.69. The molecule has 3 aromatic rings. The quantitative estimate of drug-likeness (QED) is 0.623. The molecule has 0 aliphatic carbocycles. The normalized spacial score (nSPS) is 16.0. The highest BCUT2D eigenvalue weighted by Gasteiger charge is 2.29. The zero-order chi connectivity index (χ0) is 19.5. The lowest BCUT2D eigenvalue weighted by molar-refractivity contribution is 0.415. The van der Waals surface area contributed by atoms with Gasteiger partial charge < -0.3 is 9.64 Å². The summed E-state index contributed by atoms with van der Waals surface area (Å²) in [4.78, 5) is 2.12. The third kappa shape index (κ3) is 3.58. The van der Waals surface area contributed by atoms with Crippen LogP contribution in [0.5, 0.6) is 5.75 Å². The van der Waals surface area contributed by atoms with E-state index in [-0.39, 0.29) is 6.04 Å². The van der Waals surface area contributed by atoms with Gasteiger partial charge >= 0.3 is 0 Å². The Morgan fingerprint density at radius 3 is 2.18 bits per heavy atom. The molecule has 0 amide bonds. The minimum atomic E-state index is 0.177. The Morgan fingerprint density at radius 1 is 0.893 bits per heavy atom. The maximum absolute atomic E-state index is 5.29. The van der Waals surface area contributed by atoms with E-state index >= 15 is 0 Å². The van der Waals surface area contributed by atoms with E-state index in [4.69, 9.17) is 9.84 Å². The average molecular weight is 371 g/mol. The van der Waals surface area contributed by atoms with Gasteiger partial charge in [0.1, 0.15) is 5.75 Å². The summed E-state index contributed by atoms with van der Waals surface area (Å²) in [5, 5.41) is 7.14. The number of rotatable bonds is 5. The van der Waals surface area contributed by atoms with Gasteiger partial charge in [0.25, 0.3) is 0 Å². The van der Waals surface area contributed by atoms with E-state index in [9.17, 15) is 0 Å². The van der Waals surface area contributed by atoms with E-state index in [1.807, 2.05) is 18.2 Å². The molecule has 0 saturated heterocycles. The molecule has 142 valence electrons. The maximum Gasteiger partial charge on any atom is 0.118 e. The van der Waals surface area contributed by atoms with Crippen LogP contribution in [0.2, 0.25) is 0 Å². The molecule has 4 heteroatoms. The number of para-hydroxylation sites is 1. The third-order valence-corrected chi connectivity index (χ3v) is 5.15. The second kappa shape index (κ2) is 7.77. The fourth-order valence-electron chi connectivity index (χ4n) is 3.54. The summed E-state index contributed by atoms with van der Waals surface area (Å²) in [7, 11) is 5.81. The highest BCUT2D eigenvalue weighted by molar-refractivity contribution is 6.03. The van der Waals surface area contributed by atoms with E-state index in [1.165, 1.54) is 11.3 Å². The Kier molecular flexibility index (Phi) is 5.02. The third-order valence-electron chi connectivity index (χ3n) is 5.15. The molecule has 0 bridgehead atoms. The SMILES string of the molecule is COc1ccc(C2=NN(c3ccccc3)[C@@H](c3ccc(N(C)C)cc3)C2)cc1. The van der Waals surface area contributed by atoms with Crippen LogP contribution in [0.25, 0.3) is 0 Å². The van der Waals surface area contributed by atoms with E-state index in [1.54, 1.807) is 7.11 Å². The van der Waals surface area contributed by atoms with Crippen LogP contribution in [0.1, 0.15) is 23.6 Å². The monoisotopic (exact) mass is 371 g/mol. The zero-order valence-electron chi connectivity index (χ0n) is 16.5. The van der Waals surface area contributed by atoms with Gasteiger partial charge in [0.05, 0.1) is 24.6 Å². The molecule has 0 unspecified atom stereocenters. The molecule has 0 aromatic heterocycles. The molecule has 4 rings (SSSR count). The highest BCUT2D eigenvalue weighted by Crippen LogP contribution is 2.37. The Hall–Kier alpha value is -3.27. The van der Waals surface area contributed by atoms with Crippen molar-refractivity contribution < 1.29 is 4.74 Å². The van der Waals surface area contributed by atoms with E-state index < -0.39 is 0 Å². The van der Waals surface area contributed by atoms with Crippen molar-refractivity contribution >= 4 is 17.1 Å². The predicted octanol–water partition coefficient (Wildman–Crippen LogP) is 5.12. The lowest BCUT2D eigenvalue weighted by atomic mass is 9.98. The summed E-state index contributed by atoms with van der Waals surface area (Å²) in [6.45, 7) is 0. The lowest BCUT2D eigenvalue weighted by Crippen LogP contribution is -2.18. The number of benzene rings is 3. The van der Waals surface area contributed by atoms with Crippen LogP contribution in [-0.2, 0) is 0 Å². The van der Waals surface area contributed by atoms with Gasteiger partial charge in [0.2, 0.25) is 0 Å². The summed E-state index contributed by atoms with van der Waals surface area (Å²) < 4.78 is 5.29. The molecule has 4 nitrogen and oxygen atoms in total. The molecule has 0 fully saturated rings. The molecular formula is C24H25N3O. The van der Waals surface area contributed by atoms with Gasteiger partial charge in [-0.05, 0) is 59.7 Å². The molecule has 3 aromatic carbocycles. The number of methoxy groups -OCH3 is 1. The first-order valence-electron chi connectivity index (χ1n) is 9.49. The second-order valence-corrected chi connectivity index (χ2v) is 7.16. The van der Waals surface area contributed by atoms with Crippen LogP contribution in [0.4, 0.5) is 11.4 Å². The predicted molar refractivity (Wildman–Crippen MR) is 117 cm³/mol.